The van der Waals surface area contributed by atoms with Gasteiger partial charge in [-0.25, -0.2) is 0 Å². The first-order valence-electron chi connectivity index (χ1n) is 5.57. The molecule has 1 aromatic rings. The highest BCUT2D eigenvalue weighted by Gasteiger charge is 2.25. The van der Waals surface area contributed by atoms with Crippen LogP contribution in [0.1, 0.15) is 36.7 Å². The number of amides is 1. The van der Waals surface area contributed by atoms with Crippen LogP contribution < -0.4 is 11.1 Å². The van der Waals surface area contributed by atoms with Crippen LogP contribution in [-0.2, 0) is 0 Å². The zero-order valence-electron chi connectivity index (χ0n) is 9.31. The molecule has 5 nitrogen and oxygen atoms in total. The number of nitrogens with one attached hydrogen (secondary N) is 1. The van der Waals surface area contributed by atoms with Gasteiger partial charge >= 0.3 is 0 Å². The molecule has 2 rings (SSSR count). The molecule has 2 atom stereocenters. The molecule has 1 amide bonds. The SMILES string of the molecule is CC1CCCC1NC(=O)c1ccc(N)nn1. The number of aromatic nitrogens is 2. The van der Waals surface area contributed by atoms with Crippen molar-refractivity contribution in [2.45, 2.75) is 32.2 Å². The van der Waals surface area contributed by atoms with Gasteiger partial charge in [0.25, 0.3) is 5.91 Å². The quantitative estimate of drug-likeness (QED) is 0.778. The van der Waals surface area contributed by atoms with Gasteiger partial charge in [0.15, 0.2) is 5.69 Å². The molecule has 2 unspecified atom stereocenters. The van der Waals surface area contributed by atoms with Crippen LogP contribution in [0.2, 0.25) is 0 Å². The molecule has 16 heavy (non-hydrogen) atoms. The Hall–Kier alpha value is -1.65. The number of nitrogens with two attached hydrogens (primary N) is 1. The Kier molecular flexibility index (Phi) is 3.03. The lowest BCUT2D eigenvalue weighted by atomic mass is 10.1. The molecule has 5 heteroatoms. The molecule has 1 saturated carbocycles. The Morgan fingerprint density at radius 3 is 2.81 bits per heavy atom. The Morgan fingerprint density at radius 2 is 2.25 bits per heavy atom. The van der Waals surface area contributed by atoms with Crippen LogP contribution in [0.15, 0.2) is 12.1 Å². The number of anilines is 1. The van der Waals surface area contributed by atoms with Crippen molar-refractivity contribution in [3.8, 4) is 0 Å². The maximum absolute atomic E-state index is 11.8. The van der Waals surface area contributed by atoms with Crippen LogP contribution in [0, 0.1) is 5.92 Å². The third kappa shape index (κ3) is 2.29. The van der Waals surface area contributed by atoms with Gasteiger partial charge in [0, 0.05) is 6.04 Å². The molecular weight excluding hydrogens is 204 g/mol. The fraction of sp³-hybridized carbons (Fsp3) is 0.545. The summed E-state index contributed by atoms with van der Waals surface area (Å²) in [6, 6.07) is 3.45. The lowest BCUT2D eigenvalue weighted by Gasteiger charge is -2.16. The topological polar surface area (TPSA) is 80.9 Å². The molecule has 0 bridgehead atoms. The molecule has 0 aliphatic heterocycles. The van der Waals surface area contributed by atoms with Crippen LogP contribution in [0.4, 0.5) is 5.82 Å². The Labute approximate surface area is 94.4 Å². The van der Waals surface area contributed by atoms with Gasteiger partial charge in [0.05, 0.1) is 0 Å². The average molecular weight is 220 g/mol. The molecule has 1 fully saturated rings. The van der Waals surface area contributed by atoms with E-state index in [9.17, 15) is 4.79 Å². The second kappa shape index (κ2) is 4.47. The lowest BCUT2D eigenvalue weighted by Crippen LogP contribution is -2.36. The summed E-state index contributed by atoms with van der Waals surface area (Å²) in [4.78, 5) is 11.8. The Morgan fingerprint density at radius 1 is 1.44 bits per heavy atom. The molecule has 86 valence electrons. The summed E-state index contributed by atoms with van der Waals surface area (Å²) in [6.07, 6.45) is 3.41. The average Bonchev–Trinajstić information content (AvgIpc) is 2.65. The van der Waals surface area contributed by atoms with Gasteiger partial charge in [-0.05, 0) is 30.9 Å². The third-order valence-electron chi connectivity index (χ3n) is 3.10. The first-order valence-corrected chi connectivity index (χ1v) is 5.57. The summed E-state index contributed by atoms with van der Waals surface area (Å²) in [7, 11) is 0. The fourth-order valence-electron chi connectivity index (χ4n) is 2.07. The highest BCUT2D eigenvalue weighted by molar-refractivity contribution is 5.92. The molecule has 3 N–H and O–H groups in total. The number of carbonyl (C=O) groups is 1. The smallest absolute Gasteiger partial charge is 0.272 e. The van der Waals surface area contributed by atoms with E-state index < -0.39 is 0 Å². The minimum Gasteiger partial charge on any atom is -0.382 e. The lowest BCUT2D eigenvalue weighted by molar-refractivity contribution is 0.0923. The number of nitrogens with zero attached hydrogens (tertiary/aromatic N) is 2. The number of nitrogen functional groups attached to an aromatic ring is 1. The predicted octanol–water partition coefficient (Wildman–Crippen LogP) is 0.977. The van der Waals surface area contributed by atoms with Gasteiger partial charge in [-0.15, -0.1) is 10.2 Å². The van der Waals surface area contributed by atoms with Gasteiger partial charge in [-0.1, -0.05) is 13.3 Å². The van der Waals surface area contributed by atoms with Gasteiger partial charge in [0.2, 0.25) is 0 Å². The summed E-state index contributed by atoms with van der Waals surface area (Å²) in [5.74, 6) is 0.711. The minimum absolute atomic E-state index is 0.161. The van der Waals surface area contributed by atoms with E-state index in [1.54, 1.807) is 12.1 Å². The number of hydrogen-bond donors (Lipinski definition) is 2. The van der Waals surface area contributed by atoms with Crippen molar-refractivity contribution in [1.29, 1.82) is 0 Å². The minimum atomic E-state index is -0.161. The molecule has 0 spiro atoms. The molecule has 0 saturated heterocycles. The van der Waals surface area contributed by atoms with Crippen molar-refractivity contribution < 1.29 is 4.79 Å². The largest absolute Gasteiger partial charge is 0.382 e. The van der Waals surface area contributed by atoms with Crippen molar-refractivity contribution in [1.82, 2.24) is 15.5 Å². The van der Waals surface area contributed by atoms with E-state index in [-0.39, 0.29) is 11.9 Å². The van der Waals surface area contributed by atoms with Crippen LogP contribution in [-0.4, -0.2) is 22.1 Å². The van der Waals surface area contributed by atoms with Gasteiger partial charge in [-0.2, -0.15) is 0 Å². The van der Waals surface area contributed by atoms with Crippen molar-refractivity contribution in [2.75, 3.05) is 5.73 Å². The second-order valence-electron chi connectivity index (χ2n) is 4.33. The van der Waals surface area contributed by atoms with Gasteiger partial charge in [0.1, 0.15) is 5.82 Å². The number of rotatable bonds is 2. The molecule has 0 radical (unpaired) electrons. The summed E-state index contributed by atoms with van der Waals surface area (Å²) in [6.45, 7) is 2.16. The normalized spacial score (nSPS) is 24.3. The zero-order chi connectivity index (χ0) is 11.5. The van der Waals surface area contributed by atoms with Gasteiger partial charge in [-0.3, -0.25) is 4.79 Å². The van der Waals surface area contributed by atoms with E-state index in [4.69, 9.17) is 5.73 Å². The molecule has 1 aliphatic carbocycles. The molecule has 1 aromatic heterocycles. The Balaban J connectivity index is 2.00. The van der Waals surface area contributed by atoms with E-state index in [0.717, 1.165) is 6.42 Å². The summed E-state index contributed by atoms with van der Waals surface area (Å²) < 4.78 is 0. The van der Waals surface area contributed by atoms with Crippen LogP contribution in [0.3, 0.4) is 0 Å². The van der Waals surface area contributed by atoms with Gasteiger partial charge < -0.3 is 11.1 Å². The van der Waals surface area contributed by atoms with Crippen LogP contribution >= 0.6 is 0 Å². The first kappa shape index (κ1) is 10.9. The summed E-state index contributed by atoms with van der Waals surface area (Å²) >= 11 is 0. The fourth-order valence-corrected chi connectivity index (χ4v) is 2.07. The van der Waals surface area contributed by atoms with E-state index in [0.29, 0.717) is 17.4 Å². The number of hydrogen-bond acceptors (Lipinski definition) is 4. The molecule has 1 heterocycles. The molecule has 1 aliphatic rings. The second-order valence-corrected chi connectivity index (χ2v) is 4.33. The monoisotopic (exact) mass is 220 g/mol. The summed E-state index contributed by atoms with van der Waals surface area (Å²) in [5, 5.41) is 10.4. The standard InChI is InChI=1S/C11H16N4O/c1-7-3-2-4-8(7)13-11(16)9-5-6-10(12)15-14-9/h5-8H,2-4H2,1H3,(H2,12,15)(H,13,16). The van der Waals surface area contributed by atoms with Crippen molar-refractivity contribution in [2.24, 2.45) is 5.92 Å². The third-order valence-corrected chi connectivity index (χ3v) is 3.10. The number of carbonyl (C=O) groups excluding carboxylic acids is 1. The molecular formula is C11H16N4O. The van der Waals surface area contributed by atoms with E-state index in [1.165, 1.54) is 12.8 Å². The first-order chi connectivity index (χ1) is 7.66. The van der Waals surface area contributed by atoms with Crippen LogP contribution in [0.25, 0.3) is 0 Å². The highest BCUT2D eigenvalue weighted by atomic mass is 16.2. The predicted molar refractivity (Wildman–Crippen MR) is 60.7 cm³/mol. The highest BCUT2D eigenvalue weighted by Crippen LogP contribution is 2.24. The van der Waals surface area contributed by atoms with Crippen LogP contribution in [0.5, 0.6) is 0 Å². The maximum atomic E-state index is 11.8. The van der Waals surface area contributed by atoms with Crippen molar-refractivity contribution in [3.63, 3.8) is 0 Å². The van der Waals surface area contributed by atoms with E-state index in [1.807, 2.05) is 0 Å². The zero-order valence-corrected chi connectivity index (χ0v) is 9.31. The van der Waals surface area contributed by atoms with E-state index in [2.05, 4.69) is 22.4 Å². The van der Waals surface area contributed by atoms with Crippen molar-refractivity contribution >= 4 is 11.7 Å². The summed E-state index contributed by atoms with van der Waals surface area (Å²) in [5.41, 5.74) is 5.73. The Bertz CT molecular complexity index is 376. The van der Waals surface area contributed by atoms with E-state index >= 15 is 0 Å². The maximum Gasteiger partial charge on any atom is 0.272 e. The molecule has 0 aromatic carbocycles. The van der Waals surface area contributed by atoms with Crippen molar-refractivity contribution in [3.05, 3.63) is 17.8 Å².